The molecule has 1 saturated heterocycles. The fourth-order valence-corrected chi connectivity index (χ4v) is 3.23. The van der Waals surface area contributed by atoms with E-state index in [1.807, 2.05) is 43.3 Å². The van der Waals surface area contributed by atoms with E-state index >= 15 is 0 Å². The van der Waals surface area contributed by atoms with Gasteiger partial charge in [0.05, 0.1) is 13.2 Å². The number of hydrogen-bond donors (Lipinski definition) is 1. The molecule has 0 unspecified atom stereocenters. The Morgan fingerprint density at radius 3 is 2.52 bits per heavy atom. The zero-order chi connectivity index (χ0) is 21.5. The van der Waals surface area contributed by atoms with Crippen molar-refractivity contribution in [3.8, 4) is 28.6 Å². The van der Waals surface area contributed by atoms with Gasteiger partial charge in [-0.2, -0.15) is 4.98 Å². The lowest BCUT2D eigenvalue weighted by Gasteiger charge is -2.26. The number of aryl methyl sites for hydroxylation is 1. The molecule has 8 heteroatoms. The monoisotopic (exact) mass is 422 g/mol. The number of aromatic nitrogens is 2. The summed E-state index contributed by atoms with van der Waals surface area (Å²) in [5.41, 5.74) is 2.86. The fourth-order valence-electron chi connectivity index (χ4n) is 3.23. The van der Waals surface area contributed by atoms with Crippen molar-refractivity contribution in [2.75, 3.05) is 46.0 Å². The molecule has 2 aromatic carbocycles. The predicted molar refractivity (Wildman–Crippen MR) is 116 cm³/mol. The highest BCUT2D eigenvalue weighted by molar-refractivity contribution is 5.77. The van der Waals surface area contributed by atoms with Crippen molar-refractivity contribution in [2.45, 2.75) is 6.92 Å². The molecule has 1 amide bonds. The number of amides is 1. The van der Waals surface area contributed by atoms with Crippen LogP contribution in [0.15, 0.2) is 53.1 Å². The Kier molecular flexibility index (Phi) is 6.91. The molecule has 1 aromatic heterocycles. The Morgan fingerprint density at radius 1 is 1.06 bits per heavy atom. The number of nitrogens with one attached hydrogen (secondary N) is 1. The summed E-state index contributed by atoms with van der Waals surface area (Å²) in [6, 6.07) is 15.2. The molecule has 1 fully saturated rings. The standard InChI is InChI=1S/C23H26N4O4/c1-17-2-4-18(5-3-17)22-25-23(31-26-22)19-6-8-20(9-7-19)30-16-21(28)24-10-11-27-12-14-29-15-13-27/h2-9H,10-16H2,1H3,(H,24,28). The first-order chi connectivity index (χ1) is 15.2. The van der Waals surface area contributed by atoms with Crippen molar-refractivity contribution in [1.29, 1.82) is 0 Å². The van der Waals surface area contributed by atoms with E-state index in [2.05, 4.69) is 20.4 Å². The molecule has 0 radical (unpaired) electrons. The quantitative estimate of drug-likeness (QED) is 0.597. The maximum Gasteiger partial charge on any atom is 0.258 e. The highest BCUT2D eigenvalue weighted by Crippen LogP contribution is 2.24. The van der Waals surface area contributed by atoms with Gasteiger partial charge < -0.3 is 19.3 Å². The van der Waals surface area contributed by atoms with Crippen molar-refractivity contribution >= 4 is 5.91 Å². The summed E-state index contributed by atoms with van der Waals surface area (Å²) < 4.78 is 16.3. The Bertz CT molecular complexity index is 980. The van der Waals surface area contributed by atoms with Crippen molar-refractivity contribution in [1.82, 2.24) is 20.4 Å². The number of carbonyl (C=O) groups is 1. The highest BCUT2D eigenvalue weighted by Gasteiger charge is 2.12. The highest BCUT2D eigenvalue weighted by atomic mass is 16.5. The second-order valence-corrected chi connectivity index (χ2v) is 7.41. The van der Waals surface area contributed by atoms with E-state index in [0.717, 1.165) is 44.0 Å². The van der Waals surface area contributed by atoms with Gasteiger partial charge in [0, 0.05) is 37.3 Å². The minimum Gasteiger partial charge on any atom is -0.484 e. The molecule has 0 aliphatic carbocycles. The fraction of sp³-hybridized carbons (Fsp3) is 0.348. The van der Waals surface area contributed by atoms with Crippen LogP contribution >= 0.6 is 0 Å². The minimum atomic E-state index is -0.142. The van der Waals surface area contributed by atoms with E-state index in [4.69, 9.17) is 14.0 Å². The molecule has 3 aromatic rings. The van der Waals surface area contributed by atoms with Gasteiger partial charge in [0.25, 0.3) is 11.8 Å². The van der Waals surface area contributed by atoms with E-state index in [1.165, 1.54) is 5.56 Å². The molecular weight excluding hydrogens is 396 g/mol. The lowest BCUT2D eigenvalue weighted by atomic mass is 10.1. The van der Waals surface area contributed by atoms with Crippen LogP contribution in [0.1, 0.15) is 5.56 Å². The Morgan fingerprint density at radius 2 is 1.77 bits per heavy atom. The topological polar surface area (TPSA) is 89.7 Å². The molecule has 0 bridgehead atoms. The van der Waals surface area contributed by atoms with Gasteiger partial charge in [-0.05, 0) is 31.2 Å². The van der Waals surface area contributed by atoms with Gasteiger partial charge in [0.2, 0.25) is 5.82 Å². The maximum atomic E-state index is 12.0. The van der Waals surface area contributed by atoms with Gasteiger partial charge >= 0.3 is 0 Å². The van der Waals surface area contributed by atoms with Crippen LogP contribution in [0.2, 0.25) is 0 Å². The summed E-state index contributed by atoms with van der Waals surface area (Å²) in [4.78, 5) is 18.7. The molecular formula is C23H26N4O4. The van der Waals surface area contributed by atoms with Crippen molar-refractivity contribution < 1.29 is 18.8 Å². The summed E-state index contributed by atoms with van der Waals surface area (Å²) in [5.74, 6) is 1.44. The number of nitrogens with zero attached hydrogens (tertiary/aromatic N) is 3. The average Bonchev–Trinajstić information content (AvgIpc) is 3.29. The molecule has 1 N–H and O–H groups in total. The normalized spacial score (nSPS) is 14.4. The molecule has 0 spiro atoms. The number of carbonyl (C=O) groups excluding carboxylic acids is 1. The zero-order valence-corrected chi connectivity index (χ0v) is 17.5. The van der Waals surface area contributed by atoms with Gasteiger partial charge in [0.15, 0.2) is 6.61 Å². The SMILES string of the molecule is Cc1ccc(-c2noc(-c3ccc(OCC(=O)NCCN4CCOCC4)cc3)n2)cc1. The Balaban J connectivity index is 1.24. The van der Waals surface area contributed by atoms with Crippen molar-refractivity contribution in [3.05, 3.63) is 54.1 Å². The lowest BCUT2D eigenvalue weighted by molar-refractivity contribution is -0.123. The first kappa shape index (κ1) is 21.0. The lowest BCUT2D eigenvalue weighted by Crippen LogP contribution is -2.42. The molecule has 1 aliphatic heterocycles. The van der Waals surface area contributed by atoms with Crippen molar-refractivity contribution in [3.63, 3.8) is 0 Å². The third-order valence-corrected chi connectivity index (χ3v) is 5.06. The summed E-state index contributed by atoms with van der Waals surface area (Å²) in [6.07, 6.45) is 0. The predicted octanol–water partition coefficient (Wildman–Crippen LogP) is 2.54. The van der Waals surface area contributed by atoms with E-state index < -0.39 is 0 Å². The summed E-state index contributed by atoms with van der Waals surface area (Å²) in [6.45, 7) is 6.75. The van der Waals surface area contributed by atoms with Gasteiger partial charge in [-0.3, -0.25) is 9.69 Å². The van der Waals surface area contributed by atoms with E-state index in [9.17, 15) is 4.79 Å². The van der Waals surface area contributed by atoms with Gasteiger partial charge in [0.1, 0.15) is 5.75 Å². The average molecular weight is 422 g/mol. The van der Waals surface area contributed by atoms with Crippen LogP contribution in [0, 0.1) is 6.92 Å². The molecule has 0 saturated carbocycles. The molecule has 8 nitrogen and oxygen atoms in total. The molecule has 31 heavy (non-hydrogen) atoms. The van der Waals surface area contributed by atoms with E-state index in [0.29, 0.717) is 24.0 Å². The minimum absolute atomic E-state index is 0.0272. The maximum absolute atomic E-state index is 12.0. The number of benzene rings is 2. The van der Waals surface area contributed by atoms with Gasteiger partial charge in [-0.15, -0.1) is 0 Å². The smallest absolute Gasteiger partial charge is 0.258 e. The van der Waals surface area contributed by atoms with Crippen LogP contribution < -0.4 is 10.1 Å². The largest absolute Gasteiger partial charge is 0.484 e. The van der Waals surface area contributed by atoms with E-state index in [1.54, 1.807) is 12.1 Å². The Hall–Kier alpha value is -3.23. The summed E-state index contributed by atoms with van der Waals surface area (Å²) in [5, 5.41) is 6.94. The van der Waals surface area contributed by atoms with E-state index in [-0.39, 0.29) is 12.5 Å². The third-order valence-electron chi connectivity index (χ3n) is 5.06. The molecule has 0 atom stereocenters. The van der Waals surface area contributed by atoms with Crippen LogP contribution in [0.3, 0.4) is 0 Å². The van der Waals surface area contributed by atoms with Gasteiger partial charge in [-0.25, -0.2) is 0 Å². The molecule has 162 valence electrons. The van der Waals surface area contributed by atoms with Crippen LogP contribution in [-0.4, -0.2) is 66.9 Å². The summed E-state index contributed by atoms with van der Waals surface area (Å²) >= 11 is 0. The molecule has 4 rings (SSSR count). The van der Waals surface area contributed by atoms with Crippen LogP contribution in [0.5, 0.6) is 5.75 Å². The second-order valence-electron chi connectivity index (χ2n) is 7.41. The van der Waals surface area contributed by atoms with Crippen LogP contribution in [-0.2, 0) is 9.53 Å². The Labute approximate surface area is 181 Å². The first-order valence-corrected chi connectivity index (χ1v) is 10.4. The number of rotatable bonds is 8. The zero-order valence-electron chi connectivity index (χ0n) is 17.5. The number of hydrogen-bond acceptors (Lipinski definition) is 7. The first-order valence-electron chi connectivity index (χ1n) is 10.4. The summed E-state index contributed by atoms with van der Waals surface area (Å²) in [7, 11) is 0. The van der Waals surface area contributed by atoms with Crippen LogP contribution in [0.4, 0.5) is 0 Å². The second kappa shape index (κ2) is 10.2. The van der Waals surface area contributed by atoms with Gasteiger partial charge in [-0.1, -0.05) is 35.0 Å². The third kappa shape index (κ3) is 5.90. The molecule has 1 aliphatic rings. The van der Waals surface area contributed by atoms with Crippen LogP contribution in [0.25, 0.3) is 22.8 Å². The molecule has 2 heterocycles. The van der Waals surface area contributed by atoms with Crippen molar-refractivity contribution in [2.24, 2.45) is 0 Å². The number of morpholine rings is 1. The number of ether oxygens (including phenoxy) is 2.